The van der Waals surface area contributed by atoms with Crippen molar-refractivity contribution in [3.05, 3.63) is 47.5 Å². The first kappa shape index (κ1) is 16.4. The number of hydrogen-bond acceptors (Lipinski definition) is 2. The molecule has 0 aromatic heterocycles. The van der Waals surface area contributed by atoms with Crippen molar-refractivity contribution in [3.63, 3.8) is 0 Å². The molecule has 1 aliphatic carbocycles. The molecule has 22 heavy (non-hydrogen) atoms. The van der Waals surface area contributed by atoms with Crippen molar-refractivity contribution in [2.24, 2.45) is 0 Å². The van der Waals surface area contributed by atoms with Gasteiger partial charge in [0.2, 0.25) is 0 Å². The van der Waals surface area contributed by atoms with Crippen molar-refractivity contribution < 1.29 is 8.78 Å². The normalized spacial score (nSPS) is 22.5. The topological polar surface area (TPSA) is 0 Å². The summed E-state index contributed by atoms with van der Waals surface area (Å²) in [4.78, 5) is 0. The fraction of sp³-hybridized carbons (Fsp3) is 0.556. The molecule has 0 atom stereocenters. The number of halogens is 2. The van der Waals surface area contributed by atoms with E-state index in [4.69, 9.17) is 0 Å². The first-order chi connectivity index (χ1) is 10.7. The van der Waals surface area contributed by atoms with Gasteiger partial charge in [0.05, 0.1) is 4.58 Å². The number of hydrogen-bond donors (Lipinski definition) is 0. The smallest absolute Gasteiger partial charge is 0.131 e. The minimum absolute atomic E-state index is 0.103. The molecule has 0 unspecified atom stereocenters. The van der Waals surface area contributed by atoms with E-state index in [1.54, 1.807) is 35.7 Å². The number of allylic oxidation sites excluding steroid dienone is 1. The van der Waals surface area contributed by atoms with E-state index in [0.29, 0.717) is 0 Å². The van der Waals surface area contributed by atoms with Gasteiger partial charge in [-0.3, -0.25) is 0 Å². The lowest BCUT2D eigenvalue weighted by Gasteiger charge is -2.35. The van der Waals surface area contributed by atoms with Crippen LogP contribution in [0, 0.1) is 11.6 Å². The predicted molar refractivity (Wildman–Crippen MR) is 93.6 cm³/mol. The van der Waals surface area contributed by atoms with Crippen LogP contribution in [0.1, 0.15) is 54.2 Å². The zero-order valence-electron chi connectivity index (χ0n) is 12.7. The lowest BCUT2D eigenvalue weighted by Crippen LogP contribution is -2.27. The van der Waals surface area contributed by atoms with Crippen LogP contribution in [0.2, 0.25) is 0 Å². The van der Waals surface area contributed by atoms with E-state index in [1.807, 2.05) is 6.08 Å². The molecule has 1 saturated heterocycles. The van der Waals surface area contributed by atoms with Crippen molar-refractivity contribution in [1.29, 1.82) is 0 Å². The van der Waals surface area contributed by atoms with Gasteiger partial charge in [-0.05, 0) is 48.5 Å². The summed E-state index contributed by atoms with van der Waals surface area (Å²) < 4.78 is 29.2. The highest BCUT2D eigenvalue weighted by atomic mass is 32.2. The monoisotopic (exact) mass is 340 g/mol. The van der Waals surface area contributed by atoms with E-state index in [1.165, 1.54) is 6.42 Å². The van der Waals surface area contributed by atoms with Crippen LogP contribution < -0.4 is 0 Å². The molecular weight excluding hydrogens is 318 g/mol. The first-order valence-corrected chi connectivity index (χ1v) is 10.1. The van der Waals surface area contributed by atoms with Gasteiger partial charge in [-0.25, -0.2) is 8.78 Å². The van der Waals surface area contributed by atoms with Crippen LogP contribution in [0.3, 0.4) is 0 Å². The van der Waals surface area contributed by atoms with Crippen LogP contribution in [0.15, 0.2) is 24.8 Å². The molecule has 4 heteroatoms. The zero-order valence-corrected chi connectivity index (χ0v) is 14.4. The van der Waals surface area contributed by atoms with E-state index in [2.05, 4.69) is 6.58 Å². The third-order valence-corrected chi connectivity index (χ3v) is 7.80. The quantitative estimate of drug-likeness (QED) is 0.599. The van der Waals surface area contributed by atoms with Gasteiger partial charge >= 0.3 is 0 Å². The van der Waals surface area contributed by atoms with Crippen molar-refractivity contribution in [1.82, 2.24) is 0 Å². The Hall–Kier alpha value is -0.480. The van der Waals surface area contributed by atoms with Crippen LogP contribution in [0.25, 0.3) is 0 Å². The summed E-state index contributed by atoms with van der Waals surface area (Å²) in [5.41, 5.74) is 0.783. The van der Waals surface area contributed by atoms with Crippen LogP contribution in [-0.2, 0) is 5.41 Å². The average molecular weight is 341 g/mol. The Morgan fingerprint density at radius 3 is 2.14 bits per heavy atom. The number of rotatable bonds is 3. The molecule has 0 amide bonds. The molecule has 0 bridgehead atoms. The Balaban J connectivity index is 1.96. The molecule has 1 aromatic carbocycles. The molecule has 1 heterocycles. The Morgan fingerprint density at radius 1 is 1.00 bits per heavy atom. The van der Waals surface area contributed by atoms with E-state index in [-0.39, 0.29) is 27.2 Å². The second-order valence-electron chi connectivity index (χ2n) is 6.20. The summed E-state index contributed by atoms with van der Waals surface area (Å²) in [5.74, 6) is 1.20. The lowest BCUT2D eigenvalue weighted by molar-refractivity contribution is 0.355. The molecule has 2 aliphatic rings. The average Bonchev–Trinajstić information content (AvgIpc) is 2.56. The molecule has 2 fully saturated rings. The van der Waals surface area contributed by atoms with E-state index in [0.717, 1.165) is 49.2 Å². The fourth-order valence-corrected chi connectivity index (χ4v) is 6.52. The van der Waals surface area contributed by atoms with Gasteiger partial charge in [-0.2, -0.15) is 0 Å². The summed E-state index contributed by atoms with van der Waals surface area (Å²) in [5, 5.41) is 0. The highest BCUT2D eigenvalue weighted by Crippen LogP contribution is 2.47. The van der Waals surface area contributed by atoms with Gasteiger partial charge in [0.1, 0.15) is 11.6 Å². The molecule has 0 N–H and O–H groups in total. The van der Waals surface area contributed by atoms with Crippen LogP contribution in [0.5, 0.6) is 0 Å². The second-order valence-corrected chi connectivity index (χ2v) is 8.93. The fourth-order valence-electron chi connectivity index (χ4n) is 3.54. The summed E-state index contributed by atoms with van der Waals surface area (Å²) in [6.45, 7) is 3.95. The van der Waals surface area contributed by atoms with Gasteiger partial charge in [0.25, 0.3) is 0 Å². The summed E-state index contributed by atoms with van der Waals surface area (Å²) in [6, 6.07) is 3.14. The molecule has 1 aromatic rings. The van der Waals surface area contributed by atoms with Crippen molar-refractivity contribution in [3.8, 4) is 0 Å². The van der Waals surface area contributed by atoms with Gasteiger partial charge in [0.15, 0.2) is 0 Å². The summed E-state index contributed by atoms with van der Waals surface area (Å²) >= 11 is 3.31. The molecular formula is C18H22F2S2. The third kappa shape index (κ3) is 3.09. The van der Waals surface area contributed by atoms with Crippen molar-refractivity contribution in [2.45, 2.75) is 48.5 Å². The highest BCUT2D eigenvalue weighted by Gasteiger charge is 2.33. The van der Waals surface area contributed by atoms with Gasteiger partial charge in [0, 0.05) is 11.0 Å². The van der Waals surface area contributed by atoms with Crippen LogP contribution in [-0.4, -0.2) is 11.5 Å². The SMILES string of the molecule is C=CC1(c2cc(F)c(C3SCCCS3)c(F)c2)CCCCC1. The maximum atomic E-state index is 14.7. The minimum atomic E-state index is -0.381. The standard InChI is InChI=1S/C18H22F2S2/c1-2-18(7-4-3-5-8-18)13-11-14(19)16(15(20)12-13)17-21-9-6-10-22-17/h2,11-12,17H,1,3-10H2. The maximum absolute atomic E-state index is 14.7. The van der Waals surface area contributed by atoms with Crippen molar-refractivity contribution in [2.75, 3.05) is 11.5 Å². The Kier molecular flexibility index (Phi) is 5.18. The largest absolute Gasteiger partial charge is 0.207 e. The lowest BCUT2D eigenvalue weighted by atomic mass is 9.69. The molecule has 120 valence electrons. The Morgan fingerprint density at radius 2 is 1.59 bits per heavy atom. The molecule has 0 nitrogen and oxygen atoms in total. The zero-order chi connectivity index (χ0) is 15.6. The number of benzene rings is 1. The summed E-state index contributed by atoms with van der Waals surface area (Å²) in [6.07, 6.45) is 8.32. The summed E-state index contributed by atoms with van der Waals surface area (Å²) in [7, 11) is 0. The molecule has 3 rings (SSSR count). The van der Waals surface area contributed by atoms with E-state index < -0.39 is 0 Å². The first-order valence-electron chi connectivity index (χ1n) is 8.02. The third-order valence-electron chi connectivity index (χ3n) is 4.85. The second kappa shape index (κ2) is 6.96. The van der Waals surface area contributed by atoms with Gasteiger partial charge in [-0.15, -0.1) is 30.1 Å². The highest BCUT2D eigenvalue weighted by molar-refractivity contribution is 8.16. The van der Waals surface area contributed by atoms with E-state index >= 15 is 0 Å². The molecule has 0 radical (unpaired) electrons. The van der Waals surface area contributed by atoms with E-state index in [9.17, 15) is 8.78 Å². The minimum Gasteiger partial charge on any atom is -0.207 e. The molecule has 0 spiro atoms. The molecule has 1 saturated carbocycles. The van der Waals surface area contributed by atoms with Crippen LogP contribution >= 0.6 is 23.5 Å². The van der Waals surface area contributed by atoms with Gasteiger partial charge in [-0.1, -0.05) is 25.3 Å². The Bertz CT molecular complexity index is 521. The van der Waals surface area contributed by atoms with Crippen molar-refractivity contribution >= 4 is 23.5 Å². The molecule has 1 aliphatic heterocycles. The predicted octanol–water partition coefficient (Wildman–Crippen LogP) is 6.22. The van der Waals surface area contributed by atoms with Crippen LogP contribution in [0.4, 0.5) is 8.78 Å². The maximum Gasteiger partial charge on any atom is 0.131 e. The number of thioether (sulfide) groups is 2. The Labute approximate surface area is 140 Å². The van der Waals surface area contributed by atoms with Gasteiger partial charge < -0.3 is 0 Å².